The van der Waals surface area contributed by atoms with Gasteiger partial charge in [0.15, 0.2) is 11.8 Å². The third kappa shape index (κ3) is 5.73. The fourth-order valence-corrected chi connectivity index (χ4v) is 6.72. The molecular formula is C38H39N3O5. The SMILES string of the molecule is Cc1nc2cc3nn2c(c1C(OC(C)(C)C)C(=O)O)-c1ccc2c(c1)C(CCCCOc1ccccc1-c1cccc-3c1)CCO2. The summed E-state index contributed by atoms with van der Waals surface area (Å²) in [5, 5.41) is 15.6. The summed E-state index contributed by atoms with van der Waals surface area (Å²) in [5.74, 6) is 0.974. The van der Waals surface area contributed by atoms with Gasteiger partial charge < -0.3 is 19.3 Å². The number of carbonyl (C=O) groups is 1. The Morgan fingerprint density at radius 2 is 1.72 bits per heavy atom. The van der Waals surface area contributed by atoms with E-state index >= 15 is 0 Å². The fourth-order valence-electron chi connectivity index (χ4n) is 6.72. The molecule has 3 aromatic carbocycles. The number of para-hydroxylation sites is 1. The van der Waals surface area contributed by atoms with E-state index < -0.39 is 17.7 Å². The molecule has 0 amide bonds. The number of hydrogen-bond acceptors (Lipinski definition) is 6. The van der Waals surface area contributed by atoms with E-state index in [4.69, 9.17) is 24.3 Å². The van der Waals surface area contributed by atoms with E-state index in [0.29, 0.717) is 41.7 Å². The Balaban J connectivity index is 1.50. The second kappa shape index (κ2) is 11.9. The molecule has 2 aromatic heterocycles. The van der Waals surface area contributed by atoms with Crippen molar-refractivity contribution >= 4 is 11.6 Å². The summed E-state index contributed by atoms with van der Waals surface area (Å²) in [6.45, 7) is 8.75. The minimum absolute atomic E-state index is 0.311. The van der Waals surface area contributed by atoms with Crippen molar-refractivity contribution in [1.82, 2.24) is 14.6 Å². The summed E-state index contributed by atoms with van der Waals surface area (Å²) in [6.07, 6.45) is 2.62. The Morgan fingerprint density at radius 3 is 2.54 bits per heavy atom. The highest BCUT2D eigenvalue weighted by molar-refractivity contribution is 5.82. The average Bonchev–Trinajstić information content (AvgIpc) is 3.46. The van der Waals surface area contributed by atoms with Crippen LogP contribution >= 0.6 is 0 Å². The molecule has 0 fully saturated rings. The number of nitrogens with zero attached hydrogens (tertiary/aromatic N) is 3. The van der Waals surface area contributed by atoms with Crippen molar-refractivity contribution in [1.29, 1.82) is 0 Å². The predicted molar refractivity (Wildman–Crippen MR) is 177 cm³/mol. The van der Waals surface area contributed by atoms with Crippen molar-refractivity contribution in [2.75, 3.05) is 13.2 Å². The van der Waals surface area contributed by atoms with E-state index in [1.165, 1.54) is 0 Å². The molecule has 0 aliphatic carbocycles. The van der Waals surface area contributed by atoms with E-state index in [1.54, 1.807) is 4.52 Å². The molecule has 2 unspecified atom stereocenters. The standard InChI is InChI=1S/C38H39N3O5/c1-23-34(36(37(42)43)46-38(2,3)4)35-27-15-16-32-29(21-27)24(17-19-45-32)10-7-8-18-44-31-14-6-5-13-28(31)25-11-9-12-26(20-25)30-22-33(39-23)41(35)40-30/h5-6,9,11-16,20-22,24,36H,7-8,10,17-19H2,1-4H3,(H,42,43). The van der Waals surface area contributed by atoms with Gasteiger partial charge in [-0.15, -0.1) is 0 Å². The molecular weight excluding hydrogens is 578 g/mol. The van der Waals surface area contributed by atoms with E-state index in [9.17, 15) is 9.90 Å². The van der Waals surface area contributed by atoms with Crippen LogP contribution in [0.5, 0.6) is 11.5 Å². The molecule has 1 N–H and O–H groups in total. The first-order valence-electron chi connectivity index (χ1n) is 16.1. The highest BCUT2D eigenvalue weighted by Gasteiger charge is 2.34. The number of carboxylic acids is 1. The highest BCUT2D eigenvalue weighted by Crippen LogP contribution is 2.42. The summed E-state index contributed by atoms with van der Waals surface area (Å²) in [4.78, 5) is 17.8. The van der Waals surface area contributed by atoms with Gasteiger partial charge in [0.2, 0.25) is 0 Å². The summed E-state index contributed by atoms with van der Waals surface area (Å²) in [6, 6.07) is 24.5. The van der Waals surface area contributed by atoms with Gasteiger partial charge in [-0.1, -0.05) is 36.4 Å². The molecule has 0 spiro atoms. The van der Waals surface area contributed by atoms with Gasteiger partial charge in [0.05, 0.1) is 30.2 Å². The normalized spacial score (nSPS) is 16.9. The van der Waals surface area contributed by atoms with Crippen LogP contribution in [0.2, 0.25) is 0 Å². The van der Waals surface area contributed by atoms with Gasteiger partial charge in [-0.3, -0.25) is 0 Å². The Kier molecular flexibility index (Phi) is 7.77. The summed E-state index contributed by atoms with van der Waals surface area (Å²) >= 11 is 0. The molecule has 6 bridgehead atoms. The van der Waals surface area contributed by atoms with Gasteiger partial charge in [-0.2, -0.15) is 5.10 Å². The quantitative estimate of drug-likeness (QED) is 0.217. The van der Waals surface area contributed by atoms with Crippen LogP contribution in [0.3, 0.4) is 0 Å². The van der Waals surface area contributed by atoms with Crippen molar-refractivity contribution in [2.45, 2.75) is 71.0 Å². The van der Waals surface area contributed by atoms with Gasteiger partial charge in [-0.25, -0.2) is 14.3 Å². The Hall–Kier alpha value is -4.69. The minimum Gasteiger partial charge on any atom is -0.493 e. The second-order valence-corrected chi connectivity index (χ2v) is 13.2. The van der Waals surface area contributed by atoms with Gasteiger partial charge in [0.1, 0.15) is 11.5 Å². The van der Waals surface area contributed by atoms with Crippen LogP contribution in [0.25, 0.3) is 39.3 Å². The lowest BCUT2D eigenvalue weighted by molar-refractivity contribution is -0.160. The molecule has 7 rings (SSSR count). The summed E-state index contributed by atoms with van der Waals surface area (Å²) in [5.41, 5.74) is 7.35. The molecule has 2 aliphatic heterocycles. The topological polar surface area (TPSA) is 95.2 Å². The second-order valence-electron chi connectivity index (χ2n) is 13.2. The largest absolute Gasteiger partial charge is 0.493 e. The van der Waals surface area contributed by atoms with Gasteiger partial charge >= 0.3 is 5.97 Å². The number of hydrogen-bond donors (Lipinski definition) is 1. The molecule has 0 saturated heterocycles. The molecule has 8 heteroatoms. The van der Waals surface area contributed by atoms with Crippen LogP contribution in [-0.4, -0.2) is 44.5 Å². The third-order valence-corrected chi connectivity index (χ3v) is 8.80. The third-order valence-electron chi connectivity index (χ3n) is 8.80. The number of fused-ring (bicyclic) bond motifs is 8. The molecule has 2 aliphatic rings. The van der Waals surface area contributed by atoms with Crippen LogP contribution in [0.4, 0.5) is 0 Å². The summed E-state index contributed by atoms with van der Waals surface area (Å²) < 4.78 is 20.5. The molecule has 46 heavy (non-hydrogen) atoms. The zero-order chi connectivity index (χ0) is 32.0. The van der Waals surface area contributed by atoms with Crippen molar-refractivity contribution in [2.24, 2.45) is 0 Å². The van der Waals surface area contributed by atoms with E-state index in [1.807, 2.05) is 76.2 Å². The molecule has 5 aromatic rings. The average molecular weight is 618 g/mol. The fraction of sp³-hybridized carbons (Fsp3) is 0.342. The highest BCUT2D eigenvalue weighted by atomic mass is 16.5. The number of carboxylic acid groups (broad SMARTS) is 1. The van der Waals surface area contributed by atoms with Crippen LogP contribution < -0.4 is 9.47 Å². The zero-order valence-electron chi connectivity index (χ0n) is 26.7. The first kappa shape index (κ1) is 30.0. The van der Waals surface area contributed by atoms with E-state index in [-0.39, 0.29) is 0 Å². The Morgan fingerprint density at radius 1 is 0.913 bits per heavy atom. The van der Waals surface area contributed by atoms with Gasteiger partial charge in [0, 0.05) is 34.0 Å². The summed E-state index contributed by atoms with van der Waals surface area (Å²) in [7, 11) is 0. The van der Waals surface area contributed by atoms with E-state index in [0.717, 1.165) is 70.7 Å². The lowest BCUT2D eigenvalue weighted by Crippen LogP contribution is -2.29. The monoisotopic (exact) mass is 617 g/mol. The molecule has 4 heterocycles. The van der Waals surface area contributed by atoms with Crippen LogP contribution in [0.1, 0.15) is 75.3 Å². The Bertz CT molecular complexity index is 1940. The number of aliphatic carboxylic acids is 1. The van der Waals surface area contributed by atoms with Crippen molar-refractivity contribution in [3.63, 3.8) is 0 Å². The number of aromatic nitrogens is 3. The van der Waals surface area contributed by atoms with Crippen molar-refractivity contribution in [3.8, 4) is 45.1 Å². The molecule has 8 nitrogen and oxygen atoms in total. The molecule has 0 radical (unpaired) electrons. The maximum Gasteiger partial charge on any atom is 0.337 e. The Labute approximate surface area is 269 Å². The minimum atomic E-state index is -1.25. The van der Waals surface area contributed by atoms with Crippen LogP contribution in [0.15, 0.2) is 72.8 Å². The number of benzene rings is 3. The van der Waals surface area contributed by atoms with Crippen molar-refractivity contribution in [3.05, 3.63) is 89.6 Å². The smallest absolute Gasteiger partial charge is 0.337 e. The molecule has 236 valence electrons. The maximum atomic E-state index is 12.9. The molecule has 2 atom stereocenters. The first-order valence-corrected chi connectivity index (χ1v) is 16.1. The first-order chi connectivity index (χ1) is 22.2. The maximum absolute atomic E-state index is 12.9. The van der Waals surface area contributed by atoms with Crippen LogP contribution in [-0.2, 0) is 9.53 Å². The van der Waals surface area contributed by atoms with Crippen molar-refractivity contribution < 1.29 is 24.1 Å². The lowest BCUT2D eigenvalue weighted by atomic mass is 9.86. The predicted octanol–water partition coefficient (Wildman–Crippen LogP) is 8.41. The number of ether oxygens (including phenoxy) is 3. The zero-order valence-corrected chi connectivity index (χ0v) is 26.7. The molecule has 0 saturated carbocycles. The number of rotatable bonds is 3. The van der Waals surface area contributed by atoms with Gasteiger partial charge in [0.25, 0.3) is 0 Å². The number of aryl methyl sites for hydroxylation is 1. The van der Waals surface area contributed by atoms with Gasteiger partial charge in [-0.05, 0) is 101 Å². The lowest BCUT2D eigenvalue weighted by Gasteiger charge is -2.29. The van der Waals surface area contributed by atoms with Crippen LogP contribution in [0, 0.1) is 6.92 Å². The van der Waals surface area contributed by atoms with E-state index in [2.05, 4.69) is 24.3 Å².